The number of hydrogen-bond donors (Lipinski definition) is 2. The van der Waals surface area contributed by atoms with Crippen LogP contribution < -0.4 is 11.1 Å². The summed E-state index contributed by atoms with van der Waals surface area (Å²) in [5.41, 5.74) is 6.59. The average Bonchev–Trinajstić information content (AvgIpc) is 2.68. The molecule has 0 radical (unpaired) electrons. The van der Waals surface area contributed by atoms with E-state index in [-0.39, 0.29) is 11.8 Å². The van der Waals surface area contributed by atoms with Gasteiger partial charge in [0.1, 0.15) is 0 Å². The first kappa shape index (κ1) is 13.3. The Morgan fingerprint density at radius 2 is 2.22 bits per heavy atom. The summed E-state index contributed by atoms with van der Waals surface area (Å²) in [6, 6.07) is 4.90. The lowest BCUT2D eigenvalue weighted by Gasteiger charge is -2.13. The van der Waals surface area contributed by atoms with Crippen molar-refractivity contribution in [2.45, 2.75) is 19.9 Å². The number of halogens is 1. The number of nitrogens with two attached hydrogens (primary N) is 1. The van der Waals surface area contributed by atoms with E-state index < -0.39 is 6.04 Å². The summed E-state index contributed by atoms with van der Waals surface area (Å²) in [6.07, 6.45) is 0. The number of rotatable bonds is 3. The molecule has 0 aliphatic heterocycles. The third-order valence-electron chi connectivity index (χ3n) is 2.60. The molecule has 2 aromatic rings. The number of nitrogens with one attached hydrogen (secondary N) is 1. The van der Waals surface area contributed by atoms with Gasteiger partial charge < -0.3 is 11.1 Å². The van der Waals surface area contributed by atoms with Crippen molar-refractivity contribution in [3.05, 3.63) is 23.2 Å². The summed E-state index contributed by atoms with van der Waals surface area (Å²) in [5, 5.41) is 3.94. The van der Waals surface area contributed by atoms with E-state index in [1.807, 2.05) is 26.0 Å². The van der Waals surface area contributed by atoms with E-state index in [9.17, 15) is 4.79 Å². The van der Waals surface area contributed by atoms with Gasteiger partial charge in [0.25, 0.3) is 0 Å². The van der Waals surface area contributed by atoms with Crippen LogP contribution in [0.15, 0.2) is 18.2 Å². The minimum absolute atomic E-state index is 0.0915. The molecule has 1 aromatic heterocycles. The summed E-state index contributed by atoms with van der Waals surface area (Å²) < 4.78 is 0.941. The van der Waals surface area contributed by atoms with Crippen molar-refractivity contribution in [1.82, 2.24) is 4.98 Å². The highest BCUT2D eigenvalue weighted by Crippen LogP contribution is 2.28. The van der Waals surface area contributed by atoms with E-state index in [4.69, 9.17) is 17.3 Å². The van der Waals surface area contributed by atoms with Crippen LogP contribution in [0, 0.1) is 5.92 Å². The van der Waals surface area contributed by atoms with Crippen molar-refractivity contribution < 1.29 is 4.79 Å². The Kier molecular flexibility index (Phi) is 3.85. The van der Waals surface area contributed by atoms with Gasteiger partial charge in [0.2, 0.25) is 5.91 Å². The molecule has 0 fully saturated rings. The predicted octanol–water partition coefficient (Wildman–Crippen LogP) is 2.87. The number of fused-ring (bicyclic) bond motifs is 1. The molecule has 0 spiro atoms. The molecule has 0 aliphatic carbocycles. The molecule has 3 N–H and O–H groups in total. The monoisotopic (exact) mass is 283 g/mol. The number of aromatic nitrogens is 1. The molecule has 0 aliphatic rings. The Morgan fingerprint density at radius 1 is 1.50 bits per heavy atom. The fourth-order valence-electron chi connectivity index (χ4n) is 1.44. The lowest BCUT2D eigenvalue weighted by atomic mass is 10.1. The maximum atomic E-state index is 11.8. The number of thiazole rings is 1. The summed E-state index contributed by atoms with van der Waals surface area (Å²) in [7, 11) is 0. The van der Waals surface area contributed by atoms with Crippen LogP contribution in [0.3, 0.4) is 0 Å². The largest absolute Gasteiger partial charge is 0.320 e. The number of hydrogen-bond acceptors (Lipinski definition) is 4. The second-order valence-electron chi connectivity index (χ2n) is 4.39. The Labute approximate surface area is 114 Å². The molecule has 1 atom stereocenters. The van der Waals surface area contributed by atoms with Crippen LogP contribution in [0.5, 0.6) is 0 Å². The van der Waals surface area contributed by atoms with Gasteiger partial charge in [-0.1, -0.05) is 36.8 Å². The number of carbonyl (C=O) groups is 1. The van der Waals surface area contributed by atoms with Crippen LogP contribution in [0.25, 0.3) is 10.2 Å². The van der Waals surface area contributed by atoms with Gasteiger partial charge in [-0.05, 0) is 24.1 Å². The molecule has 0 bridgehead atoms. The minimum Gasteiger partial charge on any atom is -0.320 e. The van der Waals surface area contributed by atoms with Crippen LogP contribution >= 0.6 is 22.9 Å². The van der Waals surface area contributed by atoms with Crippen molar-refractivity contribution in [2.75, 3.05) is 5.32 Å². The van der Waals surface area contributed by atoms with E-state index >= 15 is 0 Å². The van der Waals surface area contributed by atoms with Crippen LogP contribution in [0.4, 0.5) is 5.13 Å². The molecule has 4 nitrogen and oxygen atoms in total. The molecular weight excluding hydrogens is 270 g/mol. The maximum Gasteiger partial charge on any atom is 0.243 e. The summed E-state index contributed by atoms with van der Waals surface area (Å²) in [6.45, 7) is 3.81. The third-order valence-corrected chi connectivity index (χ3v) is 3.77. The van der Waals surface area contributed by atoms with Crippen molar-refractivity contribution in [1.29, 1.82) is 0 Å². The first-order chi connectivity index (χ1) is 8.47. The molecule has 2 rings (SSSR count). The van der Waals surface area contributed by atoms with E-state index in [2.05, 4.69) is 10.3 Å². The topological polar surface area (TPSA) is 68.0 Å². The molecule has 0 saturated heterocycles. The van der Waals surface area contributed by atoms with Gasteiger partial charge in [-0.15, -0.1) is 0 Å². The first-order valence-corrected chi connectivity index (χ1v) is 6.79. The normalized spacial score (nSPS) is 12.9. The zero-order chi connectivity index (χ0) is 13.3. The third kappa shape index (κ3) is 2.80. The van der Waals surface area contributed by atoms with Crippen molar-refractivity contribution in [2.24, 2.45) is 11.7 Å². The summed E-state index contributed by atoms with van der Waals surface area (Å²) in [4.78, 5) is 16.1. The zero-order valence-electron chi connectivity index (χ0n) is 10.1. The number of anilines is 1. The molecule has 1 heterocycles. The van der Waals surface area contributed by atoms with Crippen LogP contribution in [-0.2, 0) is 4.79 Å². The van der Waals surface area contributed by atoms with Gasteiger partial charge >= 0.3 is 0 Å². The standard InChI is InChI=1S/C12H14ClN3OS/c1-6(2)10(14)11(17)16-12-15-8-4-3-7(13)5-9(8)18-12/h3-6,10H,14H2,1-2H3,(H,15,16,17)/t10-/m1/s1. The number of amides is 1. The quantitative estimate of drug-likeness (QED) is 0.910. The molecule has 0 saturated carbocycles. The number of carbonyl (C=O) groups excluding carboxylic acids is 1. The van der Waals surface area contributed by atoms with Gasteiger partial charge in [-0.3, -0.25) is 4.79 Å². The smallest absolute Gasteiger partial charge is 0.243 e. The molecule has 6 heteroatoms. The Morgan fingerprint density at radius 3 is 2.89 bits per heavy atom. The summed E-state index contributed by atoms with van der Waals surface area (Å²) in [5.74, 6) is -0.121. The van der Waals surface area contributed by atoms with Gasteiger partial charge in [-0.2, -0.15) is 0 Å². The fourth-order valence-corrected chi connectivity index (χ4v) is 2.59. The van der Waals surface area contributed by atoms with Crippen molar-refractivity contribution in [3.8, 4) is 0 Å². The van der Waals surface area contributed by atoms with Gasteiger partial charge in [0, 0.05) is 5.02 Å². The zero-order valence-corrected chi connectivity index (χ0v) is 11.7. The maximum absolute atomic E-state index is 11.8. The lowest BCUT2D eigenvalue weighted by Crippen LogP contribution is -2.39. The Hall–Kier alpha value is -1.17. The molecular formula is C12H14ClN3OS. The SMILES string of the molecule is CC(C)[C@@H](N)C(=O)Nc1nc2ccc(Cl)cc2s1. The van der Waals surface area contributed by atoms with Gasteiger partial charge in [-0.25, -0.2) is 4.98 Å². The van der Waals surface area contributed by atoms with Gasteiger partial charge in [0.05, 0.1) is 16.3 Å². The van der Waals surface area contributed by atoms with Crippen molar-refractivity contribution >= 4 is 44.2 Å². The summed E-state index contributed by atoms with van der Waals surface area (Å²) >= 11 is 7.28. The highest BCUT2D eigenvalue weighted by molar-refractivity contribution is 7.22. The average molecular weight is 284 g/mol. The van der Waals surface area contributed by atoms with Crippen LogP contribution in [0.1, 0.15) is 13.8 Å². The molecule has 18 heavy (non-hydrogen) atoms. The second-order valence-corrected chi connectivity index (χ2v) is 5.86. The Bertz CT molecular complexity index is 582. The van der Waals surface area contributed by atoms with Gasteiger partial charge in [0.15, 0.2) is 5.13 Å². The lowest BCUT2D eigenvalue weighted by molar-refractivity contribution is -0.118. The second kappa shape index (κ2) is 5.22. The molecule has 0 unspecified atom stereocenters. The van der Waals surface area contributed by atoms with E-state index in [1.54, 1.807) is 6.07 Å². The highest BCUT2D eigenvalue weighted by Gasteiger charge is 2.18. The van der Waals surface area contributed by atoms with Crippen molar-refractivity contribution in [3.63, 3.8) is 0 Å². The highest BCUT2D eigenvalue weighted by atomic mass is 35.5. The van der Waals surface area contributed by atoms with E-state index in [1.165, 1.54) is 11.3 Å². The Balaban J connectivity index is 2.20. The van der Waals surface area contributed by atoms with E-state index in [0.717, 1.165) is 10.2 Å². The number of benzene rings is 1. The predicted molar refractivity (Wildman–Crippen MR) is 76.1 cm³/mol. The molecule has 96 valence electrons. The number of nitrogens with zero attached hydrogens (tertiary/aromatic N) is 1. The fraction of sp³-hybridized carbons (Fsp3) is 0.333. The molecule has 1 amide bonds. The first-order valence-electron chi connectivity index (χ1n) is 5.60. The van der Waals surface area contributed by atoms with Crippen LogP contribution in [-0.4, -0.2) is 16.9 Å². The van der Waals surface area contributed by atoms with Crippen LogP contribution in [0.2, 0.25) is 5.02 Å². The molecule has 1 aromatic carbocycles. The van der Waals surface area contributed by atoms with E-state index in [0.29, 0.717) is 10.2 Å². The minimum atomic E-state index is -0.527.